The number of ether oxygens (including phenoxy) is 6. The highest BCUT2D eigenvalue weighted by atomic mass is 16.7. The second kappa shape index (κ2) is 13.2. The highest BCUT2D eigenvalue weighted by Crippen LogP contribution is 2.61. The summed E-state index contributed by atoms with van der Waals surface area (Å²) < 4.78 is 35.1. The monoisotopic (exact) mass is 616 g/mol. The van der Waals surface area contributed by atoms with Crippen LogP contribution in [0, 0.1) is 29.6 Å². The molecule has 0 amide bonds. The number of aliphatic hydroxyl groups is 2. The fourth-order valence-electron chi connectivity index (χ4n) is 7.76. The number of aliphatic hydroxyl groups excluding tert-OH is 2. The maximum atomic E-state index is 13.5. The Balaban J connectivity index is 1.48. The maximum absolute atomic E-state index is 13.5. The average molecular weight is 617 g/mol. The molecule has 1 spiro atoms. The number of allylic oxidation sites excluding steroid dienone is 3. The molecule has 1 saturated heterocycles. The van der Waals surface area contributed by atoms with Crippen molar-refractivity contribution in [2.75, 3.05) is 20.3 Å². The van der Waals surface area contributed by atoms with Crippen LogP contribution < -0.4 is 0 Å². The van der Waals surface area contributed by atoms with Crippen molar-refractivity contribution in [3.63, 3.8) is 0 Å². The minimum absolute atomic E-state index is 0.00312. The molecule has 1 unspecified atom stereocenters. The Morgan fingerprint density at radius 1 is 1.23 bits per heavy atom. The van der Waals surface area contributed by atoms with Gasteiger partial charge in [-0.25, -0.2) is 14.4 Å². The third-order valence-corrected chi connectivity index (χ3v) is 9.94. The first-order chi connectivity index (χ1) is 21.0. The zero-order chi connectivity index (χ0) is 31.8. The number of carbonyl (C=O) groups is 3. The van der Waals surface area contributed by atoms with Crippen molar-refractivity contribution >= 4 is 18.1 Å². The highest BCUT2D eigenvalue weighted by molar-refractivity contribution is 5.90. The first-order valence-corrected chi connectivity index (χ1v) is 15.5. The Morgan fingerprint density at radius 2 is 2.00 bits per heavy atom. The summed E-state index contributed by atoms with van der Waals surface area (Å²) in [6.07, 6.45) is 6.79. The number of rotatable bonds is 8. The van der Waals surface area contributed by atoms with Crippen LogP contribution >= 0.6 is 0 Å². The number of cyclic esters (lactones) is 1. The Kier molecular flexibility index (Phi) is 9.69. The Bertz CT molecular complexity index is 1240. The van der Waals surface area contributed by atoms with Gasteiger partial charge in [-0.1, -0.05) is 50.3 Å². The fraction of sp³-hybridized carbons (Fsp3) is 0.667. The van der Waals surface area contributed by atoms with E-state index in [2.05, 4.69) is 0 Å². The van der Waals surface area contributed by atoms with Crippen molar-refractivity contribution in [1.29, 1.82) is 0 Å². The fourth-order valence-corrected chi connectivity index (χ4v) is 7.76. The molecule has 11 heteroatoms. The van der Waals surface area contributed by atoms with Crippen LogP contribution in [-0.2, 0) is 38.0 Å². The van der Waals surface area contributed by atoms with Crippen molar-refractivity contribution in [2.45, 2.75) is 89.2 Å². The lowest BCUT2D eigenvalue weighted by molar-refractivity contribution is -0.174. The van der Waals surface area contributed by atoms with Crippen molar-refractivity contribution in [2.24, 2.45) is 29.6 Å². The predicted molar refractivity (Wildman–Crippen MR) is 156 cm³/mol. The molecular formula is C33H44O11. The second-order valence-electron chi connectivity index (χ2n) is 12.6. The Morgan fingerprint density at radius 3 is 2.68 bits per heavy atom. The van der Waals surface area contributed by atoms with Crippen LogP contribution in [0.3, 0.4) is 0 Å². The summed E-state index contributed by atoms with van der Waals surface area (Å²) >= 11 is 0. The topological polar surface area (TPSA) is 147 Å². The van der Waals surface area contributed by atoms with E-state index in [1.54, 1.807) is 13.0 Å². The highest BCUT2D eigenvalue weighted by Gasteiger charge is 2.69. The summed E-state index contributed by atoms with van der Waals surface area (Å²) in [4.78, 5) is 38.8. The van der Waals surface area contributed by atoms with Gasteiger partial charge in [-0.2, -0.15) is 0 Å². The quantitative estimate of drug-likeness (QED) is 0.179. The molecule has 11 nitrogen and oxygen atoms in total. The minimum atomic E-state index is -1.01. The van der Waals surface area contributed by atoms with Crippen LogP contribution in [0.2, 0.25) is 0 Å². The first kappa shape index (κ1) is 32.4. The van der Waals surface area contributed by atoms with Gasteiger partial charge < -0.3 is 38.6 Å². The van der Waals surface area contributed by atoms with Crippen LogP contribution in [-0.4, -0.2) is 90.9 Å². The van der Waals surface area contributed by atoms with E-state index in [-0.39, 0.29) is 43.8 Å². The molecule has 2 N–H and O–H groups in total. The number of hydrogen-bond donors (Lipinski definition) is 2. The van der Waals surface area contributed by atoms with E-state index in [1.807, 2.05) is 51.2 Å². The maximum Gasteiger partial charge on any atom is 0.508 e. The molecule has 5 rings (SSSR count). The molecule has 2 heterocycles. The average Bonchev–Trinajstić information content (AvgIpc) is 3.59. The van der Waals surface area contributed by atoms with Gasteiger partial charge in [0.05, 0.1) is 12.7 Å². The molecule has 5 aliphatic rings. The van der Waals surface area contributed by atoms with Crippen molar-refractivity contribution in [1.82, 2.24) is 0 Å². The summed E-state index contributed by atoms with van der Waals surface area (Å²) in [5.74, 6) is -2.78. The Labute approximate surface area is 257 Å². The van der Waals surface area contributed by atoms with Gasteiger partial charge in [0.15, 0.2) is 6.10 Å². The number of carbonyl (C=O) groups excluding carboxylic acids is 3. The van der Waals surface area contributed by atoms with Gasteiger partial charge in [-0.3, -0.25) is 0 Å². The van der Waals surface area contributed by atoms with Gasteiger partial charge in [-0.15, -0.1) is 0 Å². The van der Waals surface area contributed by atoms with Gasteiger partial charge >= 0.3 is 18.1 Å². The van der Waals surface area contributed by atoms with Gasteiger partial charge in [0.1, 0.15) is 30.0 Å². The van der Waals surface area contributed by atoms with Gasteiger partial charge in [0.25, 0.3) is 0 Å². The van der Waals surface area contributed by atoms with E-state index in [1.165, 1.54) is 7.11 Å². The molecule has 0 radical (unpaired) electrons. The molecule has 44 heavy (non-hydrogen) atoms. The Hall–Kier alpha value is -2.99. The smallest absolute Gasteiger partial charge is 0.456 e. The number of hydrogen-bond acceptors (Lipinski definition) is 11. The molecule has 2 aliphatic heterocycles. The molecule has 0 aromatic rings. The SMILES string of the molecule is CO[C@H]1CC2C=C[C@H]3[C@H]4O[C@]2(/C(C)=C/[C@@H](C)[C@@H]([C@@H](C)OC(=O)OCCCO)OC1=O)[C@@H]3[C@H](O)[C@@H](C)[C@H]4OC(=O)C1=CC=CC1. The van der Waals surface area contributed by atoms with Crippen LogP contribution in [0.1, 0.15) is 47.0 Å². The molecule has 3 aliphatic carbocycles. The van der Waals surface area contributed by atoms with E-state index in [0.717, 1.165) is 5.57 Å². The standard InChI is InChI=1S/C33H44O11/c1-17-15-18(2)33-22(16-24(39-5)31(37)42-27(17)20(4)41-32(38)40-14-8-13-34)11-12-23-25(33)26(35)19(3)28(29(23)44-33)43-30(36)21-9-6-7-10-21/h6-7,9,11-12,15,17,19-20,22-29,34-35H,8,10,13-14,16H2,1-5H3/b18-15+/t17-,19-,20-,22?,23-,24+,25+,26-,27+,28-,29-,33+/m1/s1. The largest absolute Gasteiger partial charge is 0.508 e. The molecule has 0 aromatic heterocycles. The van der Waals surface area contributed by atoms with Gasteiger partial charge in [-0.05, 0) is 32.3 Å². The zero-order valence-corrected chi connectivity index (χ0v) is 25.9. The van der Waals surface area contributed by atoms with Crippen LogP contribution in [0.15, 0.2) is 47.6 Å². The van der Waals surface area contributed by atoms with Crippen LogP contribution in [0.5, 0.6) is 0 Å². The van der Waals surface area contributed by atoms with Crippen LogP contribution in [0.4, 0.5) is 4.79 Å². The second-order valence-corrected chi connectivity index (χ2v) is 12.6. The van der Waals surface area contributed by atoms with Gasteiger partial charge in [0.2, 0.25) is 0 Å². The summed E-state index contributed by atoms with van der Waals surface area (Å²) in [5, 5.41) is 20.8. The first-order valence-electron chi connectivity index (χ1n) is 15.5. The minimum Gasteiger partial charge on any atom is -0.456 e. The molecular weight excluding hydrogens is 572 g/mol. The molecule has 0 aromatic carbocycles. The van der Waals surface area contributed by atoms with E-state index in [0.29, 0.717) is 12.0 Å². The number of methoxy groups -OCH3 is 1. The summed E-state index contributed by atoms with van der Waals surface area (Å²) in [7, 11) is 1.44. The third kappa shape index (κ3) is 5.75. The third-order valence-electron chi connectivity index (χ3n) is 9.94. The summed E-state index contributed by atoms with van der Waals surface area (Å²) in [6, 6.07) is 0. The van der Waals surface area contributed by atoms with Crippen molar-refractivity contribution in [3.05, 3.63) is 47.6 Å². The van der Waals surface area contributed by atoms with Crippen molar-refractivity contribution < 1.29 is 53.0 Å². The lowest BCUT2D eigenvalue weighted by Gasteiger charge is -2.48. The van der Waals surface area contributed by atoms with Crippen LogP contribution in [0.25, 0.3) is 0 Å². The van der Waals surface area contributed by atoms with Gasteiger partial charge in [0, 0.05) is 55.3 Å². The molecule has 4 bridgehead atoms. The lowest BCUT2D eigenvalue weighted by atomic mass is 9.57. The van der Waals surface area contributed by atoms with E-state index >= 15 is 0 Å². The lowest BCUT2D eigenvalue weighted by Crippen LogP contribution is -2.57. The van der Waals surface area contributed by atoms with Crippen molar-refractivity contribution in [3.8, 4) is 0 Å². The molecule has 12 atom stereocenters. The predicted octanol–water partition coefficient (Wildman–Crippen LogP) is 3.19. The molecule has 242 valence electrons. The normalized spacial score (nSPS) is 41.0. The van der Waals surface area contributed by atoms with E-state index in [9.17, 15) is 19.5 Å². The molecule has 2 fully saturated rings. The zero-order valence-electron chi connectivity index (χ0n) is 25.9. The molecule has 1 saturated carbocycles. The number of esters is 2. The van der Waals surface area contributed by atoms with E-state index in [4.69, 9.17) is 33.5 Å². The summed E-state index contributed by atoms with van der Waals surface area (Å²) in [6.45, 7) is 7.18. The van der Waals surface area contributed by atoms with E-state index < -0.39 is 72.2 Å². The summed E-state index contributed by atoms with van der Waals surface area (Å²) in [5.41, 5.74) is 0.396.